The Morgan fingerprint density at radius 1 is 0.341 bits per heavy atom. The van der Waals surface area contributed by atoms with Gasteiger partial charge in [0.2, 0.25) is 0 Å². The number of hydrogen-bond donors (Lipinski definition) is 0. The molecule has 0 fully saturated rings. The fourth-order valence-electron chi connectivity index (χ4n) is 5.19. The van der Waals surface area contributed by atoms with E-state index in [0.29, 0.717) is 0 Å². The summed E-state index contributed by atoms with van der Waals surface area (Å²) in [6, 6.07) is 19.2. The molecule has 2 rings (SSSR count). The van der Waals surface area contributed by atoms with E-state index < -0.39 is 0 Å². The van der Waals surface area contributed by atoms with Crippen molar-refractivity contribution in [2.24, 2.45) is 0 Å². The number of benzene rings is 2. The van der Waals surface area contributed by atoms with Gasteiger partial charge < -0.3 is 28.2 Å². The van der Waals surface area contributed by atoms with Crippen LogP contribution in [0.3, 0.4) is 0 Å². The van der Waals surface area contributed by atoms with E-state index in [9.17, 15) is 0 Å². The Morgan fingerprint density at radius 2 is 0.568 bits per heavy atom. The van der Waals surface area contributed by atoms with Gasteiger partial charge in [0, 0.05) is 24.4 Å². The monoisotopic (exact) mass is 852 g/mol. The average Bonchev–Trinajstić information content (AvgIpc) is 2.92. The third-order valence-electron chi connectivity index (χ3n) is 7.68. The first-order valence-corrected chi connectivity index (χ1v) is 18.3. The summed E-state index contributed by atoms with van der Waals surface area (Å²) in [7, 11) is 0. The minimum absolute atomic E-state index is 0. The van der Waals surface area contributed by atoms with Crippen LogP contribution in [-0.2, 0) is 12.8 Å². The number of hydrogen-bond acceptors (Lipinski definition) is 0. The zero-order chi connectivity index (χ0) is 26.2. The summed E-state index contributed by atoms with van der Waals surface area (Å²) in [5, 5.41) is 0. The van der Waals surface area contributed by atoms with Crippen molar-refractivity contribution in [3.05, 3.63) is 66.8 Å². The molecule has 0 aliphatic carbocycles. The van der Waals surface area contributed by atoms with Gasteiger partial charge in [0.15, 0.2) is 7.14 Å². The van der Waals surface area contributed by atoms with Gasteiger partial charge in [-0.1, -0.05) is 154 Å². The van der Waals surface area contributed by atoms with Gasteiger partial charge in [0.25, 0.3) is 0 Å². The molecule has 261 valence electrons. The van der Waals surface area contributed by atoms with Crippen LogP contribution in [0.15, 0.2) is 48.5 Å². The summed E-state index contributed by atoms with van der Waals surface area (Å²) in [4.78, 5) is 0. The van der Waals surface area contributed by atoms with E-state index in [4.69, 9.17) is 0 Å². The molecule has 0 atom stereocenters. The second-order valence-electron chi connectivity index (χ2n) is 11.2. The van der Waals surface area contributed by atoms with Crippen LogP contribution >= 0.6 is 0 Å². The molecule has 0 aliphatic rings. The average molecular weight is 854 g/mol. The third kappa shape index (κ3) is 30.2. The van der Waals surface area contributed by atoms with Gasteiger partial charge in [-0.25, -0.2) is 0 Å². The van der Waals surface area contributed by atoms with Gasteiger partial charge >= 0.3 is 21.2 Å². The van der Waals surface area contributed by atoms with Crippen molar-refractivity contribution in [2.75, 3.05) is 0 Å². The quantitative estimate of drug-likeness (QED) is 0.0427. The standard InChI is InChI=1S/C36H58I.6FH.Sb/c1-3-5-7-9-11-13-15-17-19-21-23-33-25-29-35(30-26-33)37-36-31-27-34(28-32-36)24-22-20-18-16-14-12-10-8-6-4-2;;;;;;;/h25-32H,3-24H2,1-2H3;6*1H;/q+1;;;;;;;/p-6. The van der Waals surface area contributed by atoms with Crippen molar-refractivity contribution in [3.63, 3.8) is 0 Å². The Hall–Kier alpha value is -0.432. The Morgan fingerprint density at radius 3 is 0.818 bits per heavy atom. The van der Waals surface area contributed by atoms with Gasteiger partial charge in [-0.15, -0.1) is 0 Å². The first-order valence-electron chi connectivity index (χ1n) is 16.1. The third-order valence-corrected chi connectivity index (χ3v) is 10.4. The van der Waals surface area contributed by atoms with E-state index in [1.165, 1.54) is 152 Å². The molecular weight excluding hydrogens is 795 g/mol. The van der Waals surface area contributed by atoms with Crippen molar-refractivity contribution in [2.45, 2.75) is 155 Å². The molecule has 0 bridgehead atoms. The molecule has 0 unspecified atom stereocenters. The smallest absolute Gasteiger partial charge is 0.357 e. The zero-order valence-electron chi connectivity index (χ0n) is 27.3. The van der Waals surface area contributed by atoms with Gasteiger partial charge in [0.05, 0.1) is 0 Å². The van der Waals surface area contributed by atoms with Gasteiger partial charge in [-0.2, -0.15) is 0 Å². The SMILES string of the molecule is CCCCCCCCCCCCc1ccc([I+]c2ccc(CCCCCCCCCCCC)cc2)cc1.[F-].[F-].[F-].[F-].[F-].[F-].[Sb]. The molecule has 0 N–H and O–H groups in total. The molecule has 0 saturated heterocycles. The zero-order valence-corrected chi connectivity index (χ0v) is 32.0. The molecule has 0 nitrogen and oxygen atoms in total. The van der Waals surface area contributed by atoms with Crippen LogP contribution in [0.5, 0.6) is 0 Å². The molecule has 0 saturated carbocycles. The molecule has 2 aromatic carbocycles. The predicted octanol–water partition coefficient (Wildman–Crippen LogP) is -9.62. The van der Waals surface area contributed by atoms with E-state index in [1.807, 2.05) is 0 Å². The molecule has 0 aromatic heterocycles. The van der Waals surface area contributed by atoms with E-state index >= 15 is 0 Å². The van der Waals surface area contributed by atoms with Crippen molar-refractivity contribution in [1.82, 2.24) is 0 Å². The summed E-state index contributed by atoms with van der Waals surface area (Å²) in [5.41, 5.74) is 3.05. The van der Waals surface area contributed by atoms with Crippen LogP contribution in [0, 0.1) is 7.14 Å². The maximum absolute atomic E-state index is 2.40. The molecule has 0 spiro atoms. The van der Waals surface area contributed by atoms with Crippen molar-refractivity contribution in [1.29, 1.82) is 0 Å². The van der Waals surface area contributed by atoms with Crippen molar-refractivity contribution < 1.29 is 49.4 Å². The maximum atomic E-state index is 2.40. The number of halogens is 7. The Labute approximate surface area is 294 Å². The van der Waals surface area contributed by atoms with Crippen LogP contribution < -0.4 is 49.4 Å². The summed E-state index contributed by atoms with van der Waals surface area (Å²) in [5.74, 6) is 0. The molecule has 0 amide bonds. The fraction of sp³-hybridized carbons (Fsp3) is 0.667. The Balaban J connectivity index is -0.000000516. The van der Waals surface area contributed by atoms with E-state index in [0.717, 1.165) is 0 Å². The summed E-state index contributed by atoms with van der Waals surface area (Å²) < 4.78 is 3.10. The fourth-order valence-corrected chi connectivity index (χ4v) is 7.34. The van der Waals surface area contributed by atoms with Crippen molar-refractivity contribution in [3.8, 4) is 0 Å². The number of aryl methyl sites for hydroxylation is 2. The van der Waals surface area contributed by atoms with E-state index in [-0.39, 0.29) is 73.9 Å². The molecule has 8 heteroatoms. The number of rotatable bonds is 24. The second kappa shape index (κ2) is 40.6. The predicted molar refractivity (Wildman–Crippen MR) is 167 cm³/mol. The summed E-state index contributed by atoms with van der Waals surface area (Å²) >= 11 is -0.0574. The van der Waals surface area contributed by atoms with Gasteiger partial charge in [0.1, 0.15) is 0 Å². The van der Waals surface area contributed by atoms with Crippen molar-refractivity contribution >= 4 is 24.4 Å². The minimum Gasteiger partial charge on any atom is -1.00 e. The first-order chi connectivity index (χ1) is 18.3. The van der Waals surface area contributed by atoms with Crippen LogP contribution in [-0.4, -0.2) is 24.4 Å². The second-order valence-corrected chi connectivity index (χ2v) is 14.2. The molecular formula is C36H58F6ISb-5. The van der Waals surface area contributed by atoms with Crippen LogP contribution in [0.2, 0.25) is 0 Å². The molecule has 44 heavy (non-hydrogen) atoms. The largest absolute Gasteiger partial charge is 1.00 e. The summed E-state index contributed by atoms with van der Waals surface area (Å²) in [6.07, 6.45) is 30.9. The minimum atomic E-state index is -0.0574. The number of unbranched alkanes of at least 4 members (excludes halogenated alkanes) is 18. The summed E-state index contributed by atoms with van der Waals surface area (Å²) in [6.45, 7) is 4.60. The van der Waals surface area contributed by atoms with Crippen LogP contribution in [0.4, 0.5) is 0 Å². The first kappa shape index (κ1) is 55.9. The molecule has 0 heterocycles. The Kier molecular flexibility index (Phi) is 51.6. The normalized spacial score (nSPS) is 9.50. The molecule has 2 aromatic rings. The van der Waals surface area contributed by atoms with Gasteiger partial charge in [-0.05, 0) is 61.1 Å². The molecule has 0 aliphatic heterocycles. The van der Waals surface area contributed by atoms with Crippen LogP contribution in [0.1, 0.15) is 153 Å². The Bertz CT molecular complexity index is 712. The maximum Gasteiger partial charge on any atom is 0.357 e. The van der Waals surface area contributed by atoms with E-state index in [2.05, 4.69) is 62.4 Å². The van der Waals surface area contributed by atoms with Gasteiger partial charge in [-0.3, -0.25) is 0 Å². The van der Waals surface area contributed by atoms with E-state index in [1.54, 1.807) is 7.14 Å². The van der Waals surface area contributed by atoms with Crippen LogP contribution in [0.25, 0.3) is 0 Å². The topological polar surface area (TPSA) is 0 Å². The molecule has 3 radical (unpaired) electrons.